The lowest BCUT2D eigenvalue weighted by Gasteiger charge is -2.01. The Morgan fingerprint density at radius 2 is 1.70 bits per heavy atom. The van der Waals surface area contributed by atoms with Gasteiger partial charge in [-0.05, 0) is 41.5 Å². The zero-order chi connectivity index (χ0) is 15.8. The highest BCUT2D eigenvalue weighted by Gasteiger charge is 2.14. The summed E-state index contributed by atoms with van der Waals surface area (Å²) in [6, 6.07) is 17.1. The van der Waals surface area contributed by atoms with E-state index in [1.54, 1.807) is 24.4 Å². The highest BCUT2D eigenvalue weighted by molar-refractivity contribution is 5.92. The summed E-state index contributed by atoms with van der Waals surface area (Å²) in [5, 5.41) is 3.51. The molecule has 0 saturated carbocycles. The number of benzene rings is 2. The summed E-state index contributed by atoms with van der Waals surface area (Å²) in [5.74, 6) is -0.310. The third-order valence-corrected chi connectivity index (χ3v) is 3.76. The molecule has 2 heterocycles. The molecule has 0 aliphatic rings. The summed E-state index contributed by atoms with van der Waals surface area (Å²) in [5.41, 5.74) is 2.56. The third-order valence-electron chi connectivity index (χ3n) is 3.76. The van der Waals surface area contributed by atoms with Crippen molar-refractivity contribution in [3.63, 3.8) is 0 Å². The lowest BCUT2D eigenvalue weighted by molar-refractivity contribution is 0.628. The molecule has 2 aromatic heterocycles. The fourth-order valence-electron chi connectivity index (χ4n) is 2.66. The van der Waals surface area contributed by atoms with E-state index < -0.39 is 0 Å². The molecule has 112 valence electrons. The normalized spacial score (nSPS) is 11.0. The molecule has 0 aliphatic heterocycles. The van der Waals surface area contributed by atoms with E-state index in [1.165, 1.54) is 16.8 Å². The summed E-state index contributed by atoms with van der Waals surface area (Å²) < 4.78 is 14.6. The highest BCUT2D eigenvalue weighted by Crippen LogP contribution is 2.25. The number of fused-ring (bicyclic) bond motifs is 1. The predicted octanol–water partition coefficient (Wildman–Crippen LogP) is 3.52. The van der Waals surface area contributed by atoms with Crippen molar-refractivity contribution in [3.05, 3.63) is 83.0 Å². The molecule has 0 aliphatic carbocycles. The standard InChI is InChI=1S/C18H12FN3O/c19-13-8-6-12(7-9-13)15-10-11-20-17-16(15)18(23)22(21-17)14-4-2-1-3-5-14/h1-11H,(H,20,21). The van der Waals surface area contributed by atoms with Gasteiger partial charge in [-0.2, -0.15) is 0 Å². The Morgan fingerprint density at radius 1 is 0.957 bits per heavy atom. The molecule has 5 heteroatoms. The third kappa shape index (κ3) is 2.23. The van der Waals surface area contributed by atoms with E-state index in [4.69, 9.17) is 0 Å². The number of halogens is 1. The van der Waals surface area contributed by atoms with E-state index in [-0.39, 0.29) is 11.4 Å². The second-order valence-electron chi connectivity index (χ2n) is 5.18. The van der Waals surface area contributed by atoms with Gasteiger partial charge in [-0.3, -0.25) is 9.89 Å². The number of nitrogens with zero attached hydrogens (tertiary/aromatic N) is 2. The summed E-state index contributed by atoms with van der Waals surface area (Å²) in [4.78, 5) is 17.0. The lowest BCUT2D eigenvalue weighted by atomic mass is 10.0. The van der Waals surface area contributed by atoms with Crippen molar-refractivity contribution in [1.29, 1.82) is 0 Å². The van der Waals surface area contributed by atoms with Gasteiger partial charge in [0.1, 0.15) is 5.82 Å². The fraction of sp³-hybridized carbons (Fsp3) is 0. The van der Waals surface area contributed by atoms with E-state index in [0.29, 0.717) is 11.0 Å². The van der Waals surface area contributed by atoms with Crippen molar-refractivity contribution in [2.24, 2.45) is 0 Å². The van der Waals surface area contributed by atoms with Gasteiger partial charge in [-0.15, -0.1) is 0 Å². The van der Waals surface area contributed by atoms with Crippen LogP contribution in [0.1, 0.15) is 0 Å². The summed E-state index contributed by atoms with van der Waals surface area (Å²) in [6.07, 6.45) is 1.63. The van der Waals surface area contributed by atoms with Gasteiger partial charge in [0.15, 0.2) is 5.65 Å². The number of rotatable bonds is 2. The van der Waals surface area contributed by atoms with Crippen LogP contribution in [-0.4, -0.2) is 14.8 Å². The van der Waals surface area contributed by atoms with Crippen LogP contribution in [-0.2, 0) is 0 Å². The molecule has 4 aromatic rings. The number of para-hydroxylation sites is 1. The molecule has 0 fully saturated rings. The Labute approximate surface area is 130 Å². The first-order valence-corrected chi connectivity index (χ1v) is 7.15. The summed E-state index contributed by atoms with van der Waals surface area (Å²) in [7, 11) is 0. The fourth-order valence-corrected chi connectivity index (χ4v) is 2.66. The van der Waals surface area contributed by atoms with Gasteiger partial charge in [0.2, 0.25) is 0 Å². The summed E-state index contributed by atoms with van der Waals surface area (Å²) >= 11 is 0. The SMILES string of the molecule is O=c1c2c(-c3ccc(F)cc3)ccnc2[nH]n1-c1ccccc1. The number of nitrogens with one attached hydrogen (secondary N) is 1. The quantitative estimate of drug-likeness (QED) is 0.616. The molecule has 0 bridgehead atoms. The lowest BCUT2D eigenvalue weighted by Crippen LogP contribution is -2.14. The Bertz CT molecular complexity index is 1030. The Morgan fingerprint density at radius 3 is 2.43 bits per heavy atom. The molecular formula is C18H12FN3O. The van der Waals surface area contributed by atoms with Crippen LogP contribution < -0.4 is 5.56 Å². The second-order valence-corrected chi connectivity index (χ2v) is 5.18. The molecule has 0 radical (unpaired) electrons. The van der Waals surface area contributed by atoms with Crippen molar-refractivity contribution in [2.75, 3.05) is 0 Å². The first-order valence-electron chi connectivity index (χ1n) is 7.15. The largest absolute Gasteiger partial charge is 0.281 e. The number of aromatic amines is 1. The van der Waals surface area contributed by atoms with Crippen LogP contribution in [0.5, 0.6) is 0 Å². The molecular weight excluding hydrogens is 293 g/mol. The highest BCUT2D eigenvalue weighted by atomic mass is 19.1. The van der Waals surface area contributed by atoms with E-state index in [0.717, 1.165) is 16.8 Å². The topological polar surface area (TPSA) is 50.7 Å². The van der Waals surface area contributed by atoms with E-state index >= 15 is 0 Å². The van der Waals surface area contributed by atoms with Crippen LogP contribution in [0.2, 0.25) is 0 Å². The maximum atomic E-state index is 13.1. The first kappa shape index (κ1) is 13.5. The predicted molar refractivity (Wildman–Crippen MR) is 87.1 cm³/mol. The van der Waals surface area contributed by atoms with Gasteiger partial charge in [0, 0.05) is 6.20 Å². The van der Waals surface area contributed by atoms with E-state index in [9.17, 15) is 9.18 Å². The molecule has 4 nitrogen and oxygen atoms in total. The number of hydrogen-bond acceptors (Lipinski definition) is 2. The van der Waals surface area contributed by atoms with Crippen molar-refractivity contribution in [2.45, 2.75) is 0 Å². The molecule has 0 unspecified atom stereocenters. The monoisotopic (exact) mass is 305 g/mol. The van der Waals surface area contributed by atoms with Gasteiger partial charge >= 0.3 is 0 Å². The maximum absolute atomic E-state index is 13.1. The number of hydrogen-bond donors (Lipinski definition) is 1. The molecule has 0 spiro atoms. The molecule has 0 saturated heterocycles. The van der Waals surface area contributed by atoms with Gasteiger partial charge < -0.3 is 0 Å². The average molecular weight is 305 g/mol. The Balaban J connectivity index is 1.99. The Kier molecular flexibility index (Phi) is 3.05. The van der Waals surface area contributed by atoms with Gasteiger partial charge in [0.05, 0.1) is 11.1 Å². The van der Waals surface area contributed by atoms with Crippen LogP contribution in [0.3, 0.4) is 0 Å². The van der Waals surface area contributed by atoms with E-state index in [2.05, 4.69) is 10.1 Å². The molecule has 2 aromatic carbocycles. The van der Waals surface area contributed by atoms with Gasteiger partial charge in [-0.25, -0.2) is 14.1 Å². The van der Waals surface area contributed by atoms with Gasteiger partial charge in [0.25, 0.3) is 5.56 Å². The zero-order valence-corrected chi connectivity index (χ0v) is 12.0. The van der Waals surface area contributed by atoms with Crippen molar-refractivity contribution in [1.82, 2.24) is 14.8 Å². The second kappa shape index (κ2) is 5.21. The average Bonchev–Trinajstić information content (AvgIpc) is 2.94. The Hall–Kier alpha value is -3.21. The van der Waals surface area contributed by atoms with Crippen molar-refractivity contribution in [3.8, 4) is 16.8 Å². The maximum Gasteiger partial charge on any atom is 0.281 e. The molecule has 1 N–H and O–H groups in total. The van der Waals surface area contributed by atoms with Crippen molar-refractivity contribution >= 4 is 11.0 Å². The van der Waals surface area contributed by atoms with Crippen LogP contribution in [0, 0.1) is 5.82 Å². The van der Waals surface area contributed by atoms with E-state index in [1.807, 2.05) is 30.3 Å². The minimum Gasteiger partial charge on any atom is -0.274 e. The van der Waals surface area contributed by atoms with Crippen LogP contribution in [0.4, 0.5) is 4.39 Å². The van der Waals surface area contributed by atoms with Crippen LogP contribution in [0.25, 0.3) is 27.8 Å². The molecule has 0 atom stereocenters. The number of H-pyrrole nitrogens is 1. The first-order chi connectivity index (χ1) is 11.2. The van der Waals surface area contributed by atoms with Crippen molar-refractivity contribution < 1.29 is 4.39 Å². The molecule has 23 heavy (non-hydrogen) atoms. The van der Waals surface area contributed by atoms with Crippen LogP contribution >= 0.6 is 0 Å². The molecule has 0 amide bonds. The van der Waals surface area contributed by atoms with Gasteiger partial charge in [-0.1, -0.05) is 30.3 Å². The molecule has 4 rings (SSSR count). The minimum absolute atomic E-state index is 0.182. The zero-order valence-electron chi connectivity index (χ0n) is 12.0. The van der Waals surface area contributed by atoms with Crippen LogP contribution in [0.15, 0.2) is 71.7 Å². The smallest absolute Gasteiger partial charge is 0.274 e. The number of pyridine rings is 1. The minimum atomic E-state index is -0.310. The summed E-state index contributed by atoms with van der Waals surface area (Å²) in [6.45, 7) is 0. The number of aromatic nitrogens is 3.